The van der Waals surface area contributed by atoms with Crippen LogP contribution in [-0.4, -0.2) is 13.5 Å². The second kappa shape index (κ2) is 5.10. The molecular weight excluding hydrogens is 286 g/mol. The zero-order valence-electron chi connectivity index (χ0n) is 10.9. The number of hydrogen-bond donors (Lipinski definition) is 2. The smallest absolute Gasteiger partial charge is 0.262 e. The van der Waals surface area contributed by atoms with Crippen molar-refractivity contribution in [1.82, 2.24) is 0 Å². The zero-order valence-corrected chi connectivity index (χ0v) is 11.8. The molecule has 3 aromatic rings. The molecule has 3 aromatic carbocycles. The molecule has 5 heteroatoms. The lowest BCUT2D eigenvalue weighted by Gasteiger charge is -2.10. The van der Waals surface area contributed by atoms with Gasteiger partial charge in [0.2, 0.25) is 0 Å². The van der Waals surface area contributed by atoms with Crippen LogP contribution in [0.2, 0.25) is 0 Å². The van der Waals surface area contributed by atoms with E-state index in [2.05, 4.69) is 10.8 Å². The van der Waals surface area contributed by atoms with Gasteiger partial charge in [-0.3, -0.25) is 4.72 Å². The van der Waals surface area contributed by atoms with Crippen molar-refractivity contribution in [3.63, 3.8) is 0 Å². The minimum Gasteiger partial charge on any atom is -0.506 e. The summed E-state index contributed by atoms with van der Waals surface area (Å²) in [7, 11) is -3.75. The quantitative estimate of drug-likeness (QED) is 0.730. The van der Waals surface area contributed by atoms with Gasteiger partial charge in [-0.1, -0.05) is 30.3 Å². The van der Waals surface area contributed by atoms with Crippen LogP contribution in [0.3, 0.4) is 0 Å². The van der Waals surface area contributed by atoms with Gasteiger partial charge in [-0.05, 0) is 47.2 Å². The van der Waals surface area contributed by atoms with E-state index in [0.717, 1.165) is 10.8 Å². The number of fused-ring (bicyclic) bond motifs is 1. The highest BCUT2D eigenvalue weighted by molar-refractivity contribution is 7.92. The van der Waals surface area contributed by atoms with Crippen molar-refractivity contribution in [2.45, 2.75) is 4.90 Å². The Labute approximate surface area is 122 Å². The highest BCUT2D eigenvalue weighted by Gasteiger charge is 2.16. The van der Waals surface area contributed by atoms with Gasteiger partial charge in [0.1, 0.15) is 5.75 Å². The minimum absolute atomic E-state index is 0.116. The average Bonchev–Trinajstić information content (AvgIpc) is 2.49. The number of phenols is 1. The largest absolute Gasteiger partial charge is 0.506 e. The third-order valence-electron chi connectivity index (χ3n) is 3.11. The second-order valence-corrected chi connectivity index (χ2v) is 6.24. The van der Waals surface area contributed by atoms with Gasteiger partial charge in [-0.2, -0.15) is 0 Å². The number of phenolic OH excluding ortho intramolecular Hbond substituents is 1. The Morgan fingerprint density at radius 3 is 2.62 bits per heavy atom. The van der Waals surface area contributed by atoms with E-state index in [9.17, 15) is 13.5 Å². The second-order valence-electron chi connectivity index (χ2n) is 4.56. The van der Waals surface area contributed by atoms with Gasteiger partial charge < -0.3 is 5.11 Å². The molecule has 0 heterocycles. The van der Waals surface area contributed by atoms with Crippen molar-refractivity contribution >= 4 is 26.5 Å². The fourth-order valence-electron chi connectivity index (χ4n) is 2.04. The van der Waals surface area contributed by atoms with Crippen LogP contribution in [0.25, 0.3) is 10.8 Å². The molecule has 0 atom stereocenters. The van der Waals surface area contributed by atoms with Crippen LogP contribution in [-0.2, 0) is 10.0 Å². The average molecular weight is 298 g/mol. The maximum Gasteiger partial charge on any atom is 0.262 e. The molecule has 0 bridgehead atoms. The predicted molar refractivity (Wildman–Crippen MR) is 81.7 cm³/mol. The van der Waals surface area contributed by atoms with Gasteiger partial charge in [0, 0.05) is 0 Å². The molecule has 0 amide bonds. The van der Waals surface area contributed by atoms with Crippen molar-refractivity contribution in [2.75, 3.05) is 4.72 Å². The summed E-state index contributed by atoms with van der Waals surface area (Å²) in [6.07, 6.45) is 0. The third kappa shape index (κ3) is 2.68. The lowest BCUT2D eigenvalue weighted by Crippen LogP contribution is -2.12. The fraction of sp³-hybridized carbons (Fsp3) is 0. The van der Waals surface area contributed by atoms with Crippen LogP contribution >= 0.6 is 0 Å². The van der Waals surface area contributed by atoms with Gasteiger partial charge in [-0.25, -0.2) is 8.42 Å². The van der Waals surface area contributed by atoms with E-state index in [4.69, 9.17) is 0 Å². The molecule has 0 saturated heterocycles. The van der Waals surface area contributed by atoms with Crippen LogP contribution in [0.15, 0.2) is 65.6 Å². The lowest BCUT2D eigenvalue weighted by atomic mass is 10.1. The Morgan fingerprint density at radius 1 is 1.00 bits per heavy atom. The van der Waals surface area contributed by atoms with Crippen LogP contribution in [0.4, 0.5) is 5.69 Å². The predicted octanol–water partition coefficient (Wildman–Crippen LogP) is 3.15. The topological polar surface area (TPSA) is 66.4 Å². The van der Waals surface area contributed by atoms with Gasteiger partial charge in [0.25, 0.3) is 10.0 Å². The van der Waals surface area contributed by atoms with Crippen LogP contribution in [0, 0.1) is 6.07 Å². The summed E-state index contributed by atoms with van der Waals surface area (Å²) in [5, 5.41) is 11.4. The minimum atomic E-state index is -3.75. The molecule has 3 rings (SSSR count). The molecule has 0 saturated carbocycles. The van der Waals surface area contributed by atoms with E-state index in [1.54, 1.807) is 36.4 Å². The first-order valence-corrected chi connectivity index (χ1v) is 7.75. The molecule has 0 aromatic heterocycles. The van der Waals surface area contributed by atoms with Crippen molar-refractivity contribution < 1.29 is 13.5 Å². The number of sulfonamides is 1. The first-order valence-electron chi connectivity index (χ1n) is 6.27. The summed E-state index contributed by atoms with van der Waals surface area (Å²) in [6, 6.07) is 19.3. The number of aromatic hydroxyl groups is 1. The van der Waals surface area contributed by atoms with Crippen LogP contribution < -0.4 is 4.72 Å². The first-order chi connectivity index (χ1) is 10.1. The van der Waals surface area contributed by atoms with Gasteiger partial charge in [0.15, 0.2) is 0 Å². The standard InChI is InChI=1S/C16H12NO3S/c18-16-8-4-3-7-15(16)17-21(19,20)14-10-9-12-5-1-2-6-13(12)11-14/h1,3-11,17-18H. The Kier molecular flexibility index (Phi) is 3.27. The molecule has 21 heavy (non-hydrogen) atoms. The van der Waals surface area contributed by atoms with Crippen molar-refractivity contribution in [2.24, 2.45) is 0 Å². The maximum atomic E-state index is 12.4. The number of para-hydroxylation sites is 2. The van der Waals surface area contributed by atoms with E-state index in [1.165, 1.54) is 18.2 Å². The third-order valence-corrected chi connectivity index (χ3v) is 4.48. The monoisotopic (exact) mass is 298 g/mol. The number of nitrogens with one attached hydrogen (secondary N) is 1. The number of benzene rings is 3. The van der Waals surface area contributed by atoms with Crippen molar-refractivity contribution in [3.8, 4) is 5.75 Å². The molecule has 105 valence electrons. The summed E-state index contributed by atoms with van der Waals surface area (Å²) < 4.78 is 27.1. The fourth-order valence-corrected chi connectivity index (χ4v) is 3.15. The van der Waals surface area contributed by atoms with Gasteiger partial charge in [0.05, 0.1) is 10.6 Å². The summed E-state index contributed by atoms with van der Waals surface area (Å²) in [4.78, 5) is 0.137. The lowest BCUT2D eigenvalue weighted by molar-refractivity contribution is 0.477. The summed E-state index contributed by atoms with van der Waals surface area (Å²) in [5.41, 5.74) is 0.150. The van der Waals surface area contributed by atoms with Gasteiger partial charge >= 0.3 is 0 Å². The Morgan fingerprint density at radius 2 is 1.81 bits per heavy atom. The van der Waals surface area contributed by atoms with Crippen molar-refractivity contribution in [1.29, 1.82) is 0 Å². The van der Waals surface area contributed by atoms with E-state index in [0.29, 0.717) is 0 Å². The van der Waals surface area contributed by atoms with Gasteiger partial charge in [-0.15, -0.1) is 0 Å². The molecule has 0 aliphatic carbocycles. The highest BCUT2D eigenvalue weighted by atomic mass is 32.2. The maximum absolute atomic E-state index is 12.4. The molecule has 0 unspecified atom stereocenters. The molecular formula is C16H12NO3S. The van der Waals surface area contributed by atoms with Crippen molar-refractivity contribution in [3.05, 3.63) is 66.7 Å². The number of rotatable bonds is 3. The molecule has 1 radical (unpaired) electrons. The van der Waals surface area contributed by atoms with Crippen LogP contribution in [0.1, 0.15) is 0 Å². The summed E-state index contributed by atoms with van der Waals surface area (Å²) in [6.45, 7) is 0. The molecule has 0 aliphatic rings. The Hall–Kier alpha value is -2.53. The molecule has 2 N–H and O–H groups in total. The SMILES string of the molecule is O=S(=O)(Nc1ccccc1O)c1ccc2cc[c]cc2c1. The number of anilines is 1. The number of hydrogen-bond acceptors (Lipinski definition) is 3. The summed E-state index contributed by atoms with van der Waals surface area (Å²) >= 11 is 0. The Balaban J connectivity index is 2.02. The zero-order chi connectivity index (χ0) is 14.9. The normalized spacial score (nSPS) is 11.4. The molecule has 0 fully saturated rings. The summed E-state index contributed by atoms with van der Waals surface area (Å²) in [5.74, 6) is -0.116. The van der Waals surface area contributed by atoms with E-state index < -0.39 is 10.0 Å². The highest BCUT2D eigenvalue weighted by Crippen LogP contribution is 2.26. The molecule has 0 aliphatic heterocycles. The Bertz CT molecular complexity index is 904. The van der Waals surface area contributed by atoms with E-state index in [-0.39, 0.29) is 16.3 Å². The molecule has 0 spiro atoms. The van der Waals surface area contributed by atoms with E-state index >= 15 is 0 Å². The van der Waals surface area contributed by atoms with Crippen LogP contribution in [0.5, 0.6) is 5.75 Å². The van der Waals surface area contributed by atoms with E-state index in [1.807, 2.05) is 6.07 Å². The first kappa shape index (κ1) is 13.5. The molecule has 4 nitrogen and oxygen atoms in total.